The Bertz CT molecular complexity index is 380. The Hall–Kier alpha value is -0.900. The summed E-state index contributed by atoms with van der Waals surface area (Å²) in [7, 11) is 2.21. The fourth-order valence-corrected chi connectivity index (χ4v) is 3.32. The Labute approximate surface area is 117 Å². The Morgan fingerprint density at radius 1 is 1.37 bits per heavy atom. The molecule has 0 bridgehead atoms. The van der Waals surface area contributed by atoms with Crippen LogP contribution in [0.1, 0.15) is 25.8 Å². The number of nitrogens with zero attached hydrogens (tertiary/aromatic N) is 2. The van der Waals surface area contributed by atoms with Crippen LogP contribution < -0.4 is 5.73 Å². The number of nitrogens with two attached hydrogens (primary N) is 1. The lowest BCUT2D eigenvalue weighted by molar-refractivity contribution is 0.0995. The van der Waals surface area contributed by atoms with Gasteiger partial charge in [0.25, 0.3) is 0 Å². The van der Waals surface area contributed by atoms with Crippen molar-refractivity contribution in [3.05, 3.63) is 35.9 Å². The molecular formula is C16H27N3. The van der Waals surface area contributed by atoms with Crippen molar-refractivity contribution in [3.63, 3.8) is 0 Å². The summed E-state index contributed by atoms with van der Waals surface area (Å²) in [5.41, 5.74) is 7.67. The van der Waals surface area contributed by atoms with Gasteiger partial charge in [0.1, 0.15) is 0 Å². The van der Waals surface area contributed by atoms with E-state index in [1.165, 1.54) is 12.0 Å². The summed E-state index contributed by atoms with van der Waals surface area (Å²) in [6.45, 7) is 8.40. The van der Waals surface area contributed by atoms with Crippen molar-refractivity contribution in [2.24, 2.45) is 5.73 Å². The molecule has 0 aliphatic carbocycles. The molecular weight excluding hydrogens is 234 g/mol. The molecule has 2 N–H and O–H groups in total. The molecule has 0 aromatic heterocycles. The third kappa shape index (κ3) is 2.99. The first-order valence-corrected chi connectivity index (χ1v) is 7.30. The normalized spacial score (nSPS) is 28.2. The highest BCUT2D eigenvalue weighted by molar-refractivity contribution is 5.16. The highest BCUT2D eigenvalue weighted by atomic mass is 15.3. The van der Waals surface area contributed by atoms with E-state index in [2.05, 4.69) is 61.0 Å². The molecule has 3 nitrogen and oxygen atoms in total. The topological polar surface area (TPSA) is 32.5 Å². The SMILES string of the molecule is CCN(Cc1ccccc1)C1(CN)CC(C)N(C)C1. The standard InChI is InChI=1S/C16H27N3/c1-4-19(11-15-8-6-5-7-9-15)16(12-17)10-14(2)18(3)13-16/h5-9,14H,4,10-13,17H2,1-3H3. The van der Waals surface area contributed by atoms with Crippen LogP contribution >= 0.6 is 0 Å². The van der Waals surface area contributed by atoms with Crippen LogP contribution in [0.25, 0.3) is 0 Å². The van der Waals surface area contributed by atoms with Crippen LogP contribution in [0.5, 0.6) is 0 Å². The predicted octanol–water partition coefficient (Wildman–Crippen LogP) is 1.93. The molecule has 1 fully saturated rings. The lowest BCUT2D eigenvalue weighted by Gasteiger charge is -2.40. The molecule has 1 aromatic rings. The van der Waals surface area contributed by atoms with Crippen molar-refractivity contribution >= 4 is 0 Å². The van der Waals surface area contributed by atoms with Crippen LogP contribution in [0.4, 0.5) is 0 Å². The summed E-state index contributed by atoms with van der Waals surface area (Å²) in [6.07, 6.45) is 1.17. The smallest absolute Gasteiger partial charge is 0.0476 e. The molecule has 3 heteroatoms. The van der Waals surface area contributed by atoms with Crippen molar-refractivity contribution in [3.8, 4) is 0 Å². The molecule has 106 valence electrons. The maximum atomic E-state index is 6.16. The lowest BCUT2D eigenvalue weighted by atomic mass is 9.93. The second-order valence-corrected chi connectivity index (χ2v) is 5.90. The summed E-state index contributed by atoms with van der Waals surface area (Å²) in [4.78, 5) is 4.99. The number of hydrogen-bond donors (Lipinski definition) is 1. The Morgan fingerprint density at radius 2 is 2.05 bits per heavy atom. The van der Waals surface area contributed by atoms with E-state index in [-0.39, 0.29) is 5.54 Å². The minimum absolute atomic E-state index is 0.138. The van der Waals surface area contributed by atoms with E-state index in [0.29, 0.717) is 6.04 Å². The maximum absolute atomic E-state index is 6.16. The summed E-state index contributed by atoms with van der Waals surface area (Å²) < 4.78 is 0. The molecule has 0 saturated carbocycles. The third-order valence-electron chi connectivity index (χ3n) is 4.62. The molecule has 0 radical (unpaired) electrons. The van der Waals surface area contributed by atoms with Crippen LogP contribution in [0.15, 0.2) is 30.3 Å². The second kappa shape index (κ2) is 6.04. The van der Waals surface area contributed by atoms with Gasteiger partial charge in [0, 0.05) is 31.2 Å². The number of likely N-dealkylation sites (N-methyl/N-ethyl adjacent to an activating group) is 2. The fraction of sp³-hybridized carbons (Fsp3) is 0.625. The van der Waals surface area contributed by atoms with Gasteiger partial charge in [-0.2, -0.15) is 0 Å². The number of likely N-dealkylation sites (tertiary alicyclic amines) is 1. The monoisotopic (exact) mass is 261 g/mol. The molecule has 1 aliphatic rings. The fourth-order valence-electron chi connectivity index (χ4n) is 3.32. The molecule has 1 heterocycles. The van der Waals surface area contributed by atoms with E-state index >= 15 is 0 Å². The van der Waals surface area contributed by atoms with Crippen molar-refractivity contribution < 1.29 is 0 Å². The second-order valence-electron chi connectivity index (χ2n) is 5.90. The van der Waals surface area contributed by atoms with Gasteiger partial charge in [-0.3, -0.25) is 4.90 Å². The molecule has 2 rings (SSSR count). The zero-order chi connectivity index (χ0) is 13.9. The van der Waals surface area contributed by atoms with Crippen molar-refractivity contribution in [2.75, 3.05) is 26.7 Å². The Kier molecular flexibility index (Phi) is 4.61. The molecule has 19 heavy (non-hydrogen) atoms. The van der Waals surface area contributed by atoms with E-state index in [4.69, 9.17) is 5.73 Å². The quantitative estimate of drug-likeness (QED) is 0.879. The largest absolute Gasteiger partial charge is 0.329 e. The average molecular weight is 261 g/mol. The predicted molar refractivity (Wildman–Crippen MR) is 81.0 cm³/mol. The van der Waals surface area contributed by atoms with Crippen LogP contribution in [-0.2, 0) is 6.54 Å². The first-order valence-electron chi connectivity index (χ1n) is 7.30. The van der Waals surface area contributed by atoms with E-state index in [9.17, 15) is 0 Å². The number of rotatable bonds is 5. The van der Waals surface area contributed by atoms with E-state index < -0.39 is 0 Å². The zero-order valence-corrected chi connectivity index (χ0v) is 12.5. The maximum Gasteiger partial charge on any atom is 0.0476 e. The van der Waals surface area contributed by atoms with Gasteiger partial charge in [0.2, 0.25) is 0 Å². The van der Waals surface area contributed by atoms with Crippen molar-refractivity contribution in [1.82, 2.24) is 9.80 Å². The highest BCUT2D eigenvalue weighted by Gasteiger charge is 2.43. The van der Waals surface area contributed by atoms with Gasteiger partial charge < -0.3 is 10.6 Å². The molecule has 2 unspecified atom stereocenters. The van der Waals surface area contributed by atoms with Crippen LogP contribution in [0.2, 0.25) is 0 Å². The zero-order valence-electron chi connectivity index (χ0n) is 12.5. The van der Waals surface area contributed by atoms with Crippen LogP contribution in [-0.4, -0.2) is 48.1 Å². The molecule has 1 aromatic carbocycles. The van der Waals surface area contributed by atoms with Crippen LogP contribution in [0, 0.1) is 0 Å². The Morgan fingerprint density at radius 3 is 2.53 bits per heavy atom. The summed E-state index contributed by atoms with van der Waals surface area (Å²) in [6, 6.07) is 11.3. The van der Waals surface area contributed by atoms with Gasteiger partial charge in [0.15, 0.2) is 0 Å². The first kappa shape index (κ1) is 14.5. The number of hydrogen-bond acceptors (Lipinski definition) is 3. The van der Waals surface area contributed by atoms with E-state index in [1.807, 2.05) is 0 Å². The first-order chi connectivity index (χ1) is 9.11. The van der Waals surface area contributed by atoms with Gasteiger partial charge >= 0.3 is 0 Å². The highest BCUT2D eigenvalue weighted by Crippen LogP contribution is 2.31. The summed E-state index contributed by atoms with van der Waals surface area (Å²) >= 11 is 0. The van der Waals surface area contributed by atoms with Gasteiger partial charge in [-0.1, -0.05) is 37.3 Å². The number of benzene rings is 1. The average Bonchev–Trinajstić information content (AvgIpc) is 2.73. The Balaban J connectivity index is 2.16. The minimum Gasteiger partial charge on any atom is -0.329 e. The third-order valence-corrected chi connectivity index (χ3v) is 4.62. The minimum atomic E-state index is 0.138. The van der Waals surface area contributed by atoms with Gasteiger partial charge in [0.05, 0.1) is 0 Å². The summed E-state index contributed by atoms with van der Waals surface area (Å²) in [5.74, 6) is 0. The van der Waals surface area contributed by atoms with Crippen molar-refractivity contribution in [1.29, 1.82) is 0 Å². The van der Waals surface area contributed by atoms with E-state index in [0.717, 1.165) is 26.2 Å². The van der Waals surface area contributed by atoms with Crippen molar-refractivity contribution in [2.45, 2.75) is 38.4 Å². The molecule has 2 atom stereocenters. The van der Waals surface area contributed by atoms with Crippen LogP contribution in [0.3, 0.4) is 0 Å². The van der Waals surface area contributed by atoms with Gasteiger partial charge in [-0.25, -0.2) is 0 Å². The van der Waals surface area contributed by atoms with Gasteiger partial charge in [-0.05, 0) is 32.5 Å². The van der Waals surface area contributed by atoms with E-state index in [1.54, 1.807) is 0 Å². The van der Waals surface area contributed by atoms with Gasteiger partial charge in [-0.15, -0.1) is 0 Å². The molecule has 0 spiro atoms. The molecule has 1 aliphatic heterocycles. The lowest BCUT2D eigenvalue weighted by Crippen LogP contribution is -2.55. The molecule has 1 saturated heterocycles. The summed E-state index contributed by atoms with van der Waals surface area (Å²) in [5, 5.41) is 0. The molecule has 0 amide bonds.